The van der Waals surface area contributed by atoms with Gasteiger partial charge in [0.15, 0.2) is 5.65 Å². The first kappa shape index (κ1) is 16.9. The Bertz CT molecular complexity index is 737. The Morgan fingerprint density at radius 3 is 2.96 bits per heavy atom. The van der Waals surface area contributed by atoms with E-state index in [1.807, 2.05) is 20.8 Å². The van der Waals surface area contributed by atoms with Gasteiger partial charge >= 0.3 is 0 Å². The summed E-state index contributed by atoms with van der Waals surface area (Å²) in [6, 6.07) is 0. The van der Waals surface area contributed by atoms with Gasteiger partial charge in [0.1, 0.15) is 5.39 Å². The molecule has 8 nitrogen and oxygen atoms in total. The fraction of sp³-hybridized carbons (Fsp3) is 0.688. The highest BCUT2D eigenvalue weighted by Crippen LogP contribution is 2.18. The lowest BCUT2D eigenvalue weighted by Gasteiger charge is -2.20. The molecule has 24 heavy (non-hydrogen) atoms. The largest absolute Gasteiger partial charge is 0.380 e. The lowest BCUT2D eigenvalue weighted by molar-refractivity contribution is 0.142. The molecule has 1 saturated heterocycles. The number of aromatic amines is 1. The lowest BCUT2D eigenvalue weighted by atomic mass is 10.1. The molecule has 1 aliphatic rings. The third-order valence-electron chi connectivity index (χ3n) is 4.11. The van der Waals surface area contributed by atoms with Crippen molar-refractivity contribution in [3.05, 3.63) is 16.6 Å². The minimum atomic E-state index is -0.230. The number of ether oxygens (including phenoxy) is 1. The van der Waals surface area contributed by atoms with Crippen LogP contribution in [0, 0.1) is 0 Å². The van der Waals surface area contributed by atoms with E-state index in [2.05, 4.69) is 25.3 Å². The Balaban J connectivity index is 1.71. The van der Waals surface area contributed by atoms with Crippen molar-refractivity contribution >= 4 is 17.0 Å². The number of aromatic nitrogens is 4. The highest BCUT2D eigenvalue weighted by Gasteiger charge is 2.19. The zero-order valence-corrected chi connectivity index (χ0v) is 14.6. The molecule has 0 saturated carbocycles. The molecule has 2 aromatic heterocycles. The van der Waals surface area contributed by atoms with E-state index in [-0.39, 0.29) is 11.1 Å². The summed E-state index contributed by atoms with van der Waals surface area (Å²) in [5, 5.41) is 8.05. The van der Waals surface area contributed by atoms with Gasteiger partial charge < -0.3 is 10.1 Å². The normalized spacial score (nSPS) is 17.1. The summed E-state index contributed by atoms with van der Waals surface area (Å²) in [5.74, 6) is 0.490. The molecule has 0 aliphatic carbocycles. The molecule has 0 spiro atoms. The minimum Gasteiger partial charge on any atom is -0.380 e. The van der Waals surface area contributed by atoms with Gasteiger partial charge in [-0.3, -0.25) is 14.7 Å². The molecule has 0 aromatic carbocycles. The van der Waals surface area contributed by atoms with Crippen LogP contribution in [0.3, 0.4) is 0 Å². The smallest absolute Gasteiger partial charge is 0.263 e. The summed E-state index contributed by atoms with van der Waals surface area (Å²) in [6.45, 7) is 11.3. The van der Waals surface area contributed by atoms with Crippen molar-refractivity contribution < 1.29 is 4.74 Å². The fourth-order valence-electron chi connectivity index (χ4n) is 2.85. The van der Waals surface area contributed by atoms with Crippen LogP contribution >= 0.6 is 0 Å². The van der Waals surface area contributed by atoms with Crippen LogP contribution in [-0.2, 0) is 10.3 Å². The summed E-state index contributed by atoms with van der Waals surface area (Å²) in [4.78, 5) is 21.9. The van der Waals surface area contributed by atoms with Crippen LogP contribution in [0.25, 0.3) is 11.0 Å². The number of hydrogen-bond donors (Lipinski definition) is 2. The molecule has 8 heteroatoms. The van der Waals surface area contributed by atoms with E-state index in [9.17, 15) is 4.79 Å². The zero-order chi connectivity index (χ0) is 17.2. The van der Waals surface area contributed by atoms with E-state index >= 15 is 0 Å². The number of rotatable bonds is 4. The van der Waals surface area contributed by atoms with E-state index in [1.54, 1.807) is 10.9 Å². The first-order valence-corrected chi connectivity index (χ1v) is 8.48. The molecule has 1 aliphatic heterocycles. The van der Waals surface area contributed by atoms with Crippen molar-refractivity contribution in [3.8, 4) is 0 Å². The average molecular weight is 334 g/mol. The molecule has 132 valence electrons. The first-order chi connectivity index (χ1) is 11.4. The maximum atomic E-state index is 12.2. The molecular formula is C16H26N6O2. The van der Waals surface area contributed by atoms with Crippen LogP contribution in [0.4, 0.5) is 5.95 Å². The number of nitrogens with one attached hydrogen (secondary N) is 2. The summed E-state index contributed by atoms with van der Waals surface area (Å²) in [7, 11) is 0. The van der Waals surface area contributed by atoms with E-state index in [0.717, 1.165) is 45.8 Å². The summed E-state index contributed by atoms with van der Waals surface area (Å²) < 4.78 is 7.24. The standard InChI is InChI=1S/C16H26N6O2/c1-16(2,3)22-13-12(11-18-22)14(23)20-15(19-13)17-5-7-21-6-4-9-24-10-8-21/h11H,4-10H2,1-3H3,(H2,17,19,20,23). The minimum absolute atomic E-state index is 0.166. The Hall–Kier alpha value is -1.93. The molecule has 2 aromatic rings. The van der Waals surface area contributed by atoms with Gasteiger partial charge in [-0.2, -0.15) is 10.1 Å². The SMILES string of the molecule is CC(C)(C)n1ncc2c(=O)[nH]c(NCCN3CCCOCC3)nc21. The molecule has 2 N–H and O–H groups in total. The number of H-pyrrole nitrogens is 1. The van der Waals surface area contributed by atoms with Gasteiger partial charge in [-0.1, -0.05) is 0 Å². The van der Waals surface area contributed by atoms with Crippen LogP contribution in [0.5, 0.6) is 0 Å². The van der Waals surface area contributed by atoms with Crippen molar-refractivity contribution in [2.75, 3.05) is 44.7 Å². The predicted molar refractivity (Wildman–Crippen MR) is 93.5 cm³/mol. The van der Waals surface area contributed by atoms with Crippen molar-refractivity contribution in [2.24, 2.45) is 0 Å². The van der Waals surface area contributed by atoms with Crippen molar-refractivity contribution in [1.29, 1.82) is 0 Å². The number of anilines is 1. The Morgan fingerprint density at radius 1 is 1.33 bits per heavy atom. The zero-order valence-electron chi connectivity index (χ0n) is 14.6. The molecule has 0 radical (unpaired) electrons. The second-order valence-electron chi connectivity index (χ2n) is 7.11. The van der Waals surface area contributed by atoms with Crippen LogP contribution < -0.4 is 10.9 Å². The quantitative estimate of drug-likeness (QED) is 0.867. The number of nitrogens with zero attached hydrogens (tertiary/aromatic N) is 4. The average Bonchev–Trinajstić information content (AvgIpc) is 2.78. The third kappa shape index (κ3) is 3.76. The third-order valence-corrected chi connectivity index (χ3v) is 4.11. The Labute approximate surface area is 141 Å². The van der Waals surface area contributed by atoms with Crippen LogP contribution in [0.2, 0.25) is 0 Å². The fourth-order valence-corrected chi connectivity index (χ4v) is 2.85. The molecule has 1 fully saturated rings. The lowest BCUT2D eigenvalue weighted by Crippen LogP contribution is -2.32. The van der Waals surface area contributed by atoms with E-state index < -0.39 is 0 Å². The highest BCUT2D eigenvalue weighted by atomic mass is 16.5. The Kier molecular flexibility index (Phi) is 4.86. The van der Waals surface area contributed by atoms with Gasteiger partial charge in [-0.15, -0.1) is 0 Å². The van der Waals surface area contributed by atoms with Crippen molar-refractivity contribution in [3.63, 3.8) is 0 Å². The van der Waals surface area contributed by atoms with Crippen molar-refractivity contribution in [2.45, 2.75) is 32.7 Å². The van der Waals surface area contributed by atoms with E-state index in [1.165, 1.54) is 0 Å². The van der Waals surface area contributed by atoms with Gasteiger partial charge in [0.2, 0.25) is 5.95 Å². The van der Waals surface area contributed by atoms with Crippen LogP contribution in [-0.4, -0.2) is 64.0 Å². The van der Waals surface area contributed by atoms with E-state index in [0.29, 0.717) is 17.0 Å². The topological polar surface area (TPSA) is 88.1 Å². The summed E-state index contributed by atoms with van der Waals surface area (Å²) >= 11 is 0. The van der Waals surface area contributed by atoms with Gasteiger partial charge in [0.25, 0.3) is 5.56 Å². The number of hydrogen-bond acceptors (Lipinski definition) is 6. The molecule has 3 rings (SSSR count). The van der Waals surface area contributed by atoms with Gasteiger partial charge in [-0.05, 0) is 27.2 Å². The monoisotopic (exact) mass is 334 g/mol. The molecule has 0 bridgehead atoms. The van der Waals surface area contributed by atoms with Gasteiger partial charge in [0, 0.05) is 32.8 Å². The second kappa shape index (κ2) is 6.90. The maximum Gasteiger partial charge on any atom is 0.263 e. The molecule has 0 amide bonds. The van der Waals surface area contributed by atoms with Crippen LogP contribution in [0.1, 0.15) is 27.2 Å². The van der Waals surface area contributed by atoms with Gasteiger partial charge in [-0.25, -0.2) is 4.68 Å². The maximum absolute atomic E-state index is 12.2. The molecule has 3 heterocycles. The van der Waals surface area contributed by atoms with Gasteiger partial charge in [0.05, 0.1) is 18.3 Å². The molecule has 0 atom stereocenters. The van der Waals surface area contributed by atoms with Crippen molar-refractivity contribution in [1.82, 2.24) is 24.6 Å². The number of fused-ring (bicyclic) bond motifs is 1. The first-order valence-electron chi connectivity index (χ1n) is 8.48. The predicted octanol–water partition coefficient (Wildman–Crippen LogP) is 1.01. The molecular weight excluding hydrogens is 308 g/mol. The van der Waals surface area contributed by atoms with E-state index in [4.69, 9.17) is 4.74 Å². The summed E-state index contributed by atoms with van der Waals surface area (Å²) in [5.41, 5.74) is 0.212. The summed E-state index contributed by atoms with van der Waals surface area (Å²) in [6.07, 6.45) is 2.64. The Morgan fingerprint density at radius 2 is 2.17 bits per heavy atom. The molecule has 0 unspecified atom stereocenters. The highest BCUT2D eigenvalue weighted by molar-refractivity contribution is 5.74. The van der Waals surface area contributed by atoms with Crippen LogP contribution in [0.15, 0.2) is 11.0 Å². The second-order valence-corrected chi connectivity index (χ2v) is 7.11.